The molecule has 0 N–H and O–H groups in total. The summed E-state index contributed by atoms with van der Waals surface area (Å²) in [5, 5.41) is 0. The SMILES string of the molecule is CC1CCC(C2CCC(C(F)F)CC2)OC1. The van der Waals surface area contributed by atoms with Crippen LogP contribution in [0.2, 0.25) is 0 Å². The average Bonchev–Trinajstić information content (AvgIpc) is 2.30. The van der Waals surface area contributed by atoms with Crippen LogP contribution in [0.3, 0.4) is 0 Å². The zero-order valence-corrected chi connectivity index (χ0v) is 10.0. The van der Waals surface area contributed by atoms with Crippen molar-refractivity contribution in [1.82, 2.24) is 0 Å². The van der Waals surface area contributed by atoms with Gasteiger partial charge in [-0.2, -0.15) is 0 Å². The van der Waals surface area contributed by atoms with Crippen molar-refractivity contribution in [3.05, 3.63) is 0 Å². The number of hydrogen-bond donors (Lipinski definition) is 0. The Labute approximate surface area is 96.6 Å². The summed E-state index contributed by atoms with van der Waals surface area (Å²) in [6.07, 6.45) is 3.87. The molecule has 94 valence electrons. The molecule has 2 rings (SSSR count). The van der Waals surface area contributed by atoms with Crippen LogP contribution >= 0.6 is 0 Å². The molecule has 1 aliphatic heterocycles. The van der Waals surface area contributed by atoms with Gasteiger partial charge >= 0.3 is 0 Å². The zero-order valence-electron chi connectivity index (χ0n) is 10.0. The fourth-order valence-electron chi connectivity index (χ4n) is 3.04. The molecular weight excluding hydrogens is 210 g/mol. The second-order valence-electron chi connectivity index (χ2n) is 5.56. The highest BCUT2D eigenvalue weighted by molar-refractivity contribution is 4.81. The van der Waals surface area contributed by atoms with Crippen LogP contribution in [-0.4, -0.2) is 19.1 Å². The average molecular weight is 232 g/mol. The lowest BCUT2D eigenvalue weighted by atomic mass is 9.77. The third-order valence-corrected chi connectivity index (χ3v) is 4.24. The first kappa shape index (κ1) is 12.3. The standard InChI is InChI=1S/C13H22F2O/c1-9-2-7-12(16-8-9)10-3-5-11(6-4-10)13(14)15/h9-13H,2-8H2,1H3. The molecule has 1 saturated carbocycles. The van der Waals surface area contributed by atoms with Crippen molar-refractivity contribution in [3.63, 3.8) is 0 Å². The summed E-state index contributed by atoms with van der Waals surface area (Å²) < 4.78 is 30.9. The zero-order chi connectivity index (χ0) is 11.5. The smallest absolute Gasteiger partial charge is 0.241 e. The van der Waals surface area contributed by atoms with Gasteiger partial charge in [0.1, 0.15) is 0 Å². The Morgan fingerprint density at radius 2 is 1.69 bits per heavy atom. The Balaban J connectivity index is 1.76. The van der Waals surface area contributed by atoms with Gasteiger partial charge in [0.15, 0.2) is 0 Å². The minimum Gasteiger partial charge on any atom is -0.378 e. The minimum atomic E-state index is -2.12. The van der Waals surface area contributed by atoms with E-state index in [-0.39, 0.29) is 5.92 Å². The number of alkyl halides is 2. The van der Waals surface area contributed by atoms with E-state index >= 15 is 0 Å². The monoisotopic (exact) mass is 232 g/mol. The van der Waals surface area contributed by atoms with E-state index in [0.29, 0.717) is 30.8 Å². The first-order valence-electron chi connectivity index (χ1n) is 6.56. The van der Waals surface area contributed by atoms with E-state index < -0.39 is 6.43 Å². The van der Waals surface area contributed by atoms with E-state index in [1.807, 2.05) is 0 Å². The van der Waals surface area contributed by atoms with Gasteiger partial charge in [0.2, 0.25) is 6.43 Å². The summed E-state index contributed by atoms with van der Waals surface area (Å²) in [5.74, 6) is 0.870. The largest absolute Gasteiger partial charge is 0.378 e. The predicted molar refractivity (Wildman–Crippen MR) is 59.6 cm³/mol. The molecule has 16 heavy (non-hydrogen) atoms. The maximum Gasteiger partial charge on any atom is 0.241 e. The first-order valence-corrected chi connectivity index (χ1v) is 6.56. The summed E-state index contributed by atoms with van der Waals surface area (Å²) in [6, 6.07) is 0. The molecule has 1 nitrogen and oxygen atoms in total. The first-order chi connectivity index (χ1) is 7.66. The van der Waals surface area contributed by atoms with Crippen molar-refractivity contribution in [3.8, 4) is 0 Å². The lowest BCUT2D eigenvalue weighted by molar-refractivity contribution is -0.0616. The van der Waals surface area contributed by atoms with E-state index in [1.54, 1.807) is 0 Å². The fraction of sp³-hybridized carbons (Fsp3) is 1.00. The van der Waals surface area contributed by atoms with Crippen LogP contribution in [0.25, 0.3) is 0 Å². The molecule has 2 atom stereocenters. The van der Waals surface area contributed by atoms with Gasteiger partial charge in [-0.1, -0.05) is 6.92 Å². The van der Waals surface area contributed by atoms with Gasteiger partial charge in [0.05, 0.1) is 6.10 Å². The van der Waals surface area contributed by atoms with Gasteiger partial charge < -0.3 is 4.74 Å². The highest BCUT2D eigenvalue weighted by Crippen LogP contribution is 2.37. The number of rotatable bonds is 2. The molecule has 1 heterocycles. The predicted octanol–water partition coefficient (Wildman–Crippen LogP) is 3.87. The number of ether oxygens (including phenoxy) is 1. The van der Waals surface area contributed by atoms with Crippen molar-refractivity contribution in [2.45, 2.75) is 58.0 Å². The van der Waals surface area contributed by atoms with E-state index in [9.17, 15) is 8.78 Å². The van der Waals surface area contributed by atoms with Crippen LogP contribution in [0.15, 0.2) is 0 Å². The highest BCUT2D eigenvalue weighted by atomic mass is 19.3. The number of halogens is 2. The molecule has 0 spiro atoms. The van der Waals surface area contributed by atoms with Gasteiger partial charge in [-0.3, -0.25) is 0 Å². The molecular formula is C13H22F2O. The van der Waals surface area contributed by atoms with E-state index in [0.717, 1.165) is 25.9 Å². The molecule has 0 aromatic carbocycles. The fourth-order valence-corrected chi connectivity index (χ4v) is 3.04. The maximum absolute atomic E-state index is 12.5. The molecule has 1 aliphatic carbocycles. The minimum absolute atomic E-state index is 0.348. The molecule has 0 bridgehead atoms. The highest BCUT2D eigenvalue weighted by Gasteiger charge is 2.33. The normalized spacial score (nSPS) is 41.2. The van der Waals surface area contributed by atoms with Crippen molar-refractivity contribution >= 4 is 0 Å². The third-order valence-electron chi connectivity index (χ3n) is 4.24. The quantitative estimate of drug-likeness (QED) is 0.702. The molecule has 0 aromatic heterocycles. The topological polar surface area (TPSA) is 9.23 Å². The van der Waals surface area contributed by atoms with Gasteiger partial charge in [0.25, 0.3) is 0 Å². The summed E-state index contributed by atoms with van der Waals surface area (Å²) in [7, 11) is 0. The van der Waals surface area contributed by atoms with E-state index in [4.69, 9.17) is 4.74 Å². The van der Waals surface area contributed by atoms with Crippen molar-refractivity contribution in [1.29, 1.82) is 0 Å². The molecule has 0 aromatic rings. The van der Waals surface area contributed by atoms with Crippen LogP contribution in [0.4, 0.5) is 8.78 Å². The van der Waals surface area contributed by atoms with Gasteiger partial charge in [-0.05, 0) is 50.4 Å². The molecule has 0 amide bonds. The lowest BCUT2D eigenvalue weighted by Crippen LogP contribution is -2.34. The molecule has 0 radical (unpaired) electrons. The van der Waals surface area contributed by atoms with Crippen LogP contribution in [0.5, 0.6) is 0 Å². The Hall–Kier alpha value is -0.180. The molecule has 1 saturated heterocycles. The second kappa shape index (κ2) is 5.44. The molecule has 2 fully saturated rings. The van der Waals surface area contributed by atoms with Crippen LogP contribution in [-0.2, 0) is 4.74 Å². The summed E-state index contributed by atoms with van der Waals surface area (Å²) >= 11 is 0. The molecule has 3 heteroatoms. The Kier molecular flexibility index (Phi) is 4.17. The second-order valence-corrected chi connectivity index (χ2v) is 5.56. The summed E-state index contributed by atoms with van der Waals surface area (Å²) in [5.41, 5.74) is 0. The van der Waals surface area contributed by atoms with E-state index in [1.165, 1.54) is 6.42 Å². The maximum atomic E-state index is 12.5. The lowest BCUT2D eigenvalue weighted by Gasteiger charge is -2.37. The van der Waals surface area contributed by atoms with Crippen LogP contribution < -0.4 is 0 Å². The van der Waals surface area contributed by atoms with Gasteiger partial charge in [-0.15, -0.1) is 0 Å². The van der Waals surface area contributed by atoms with Crippen LogP contribution in [0, 0.1) is 17.8 Å². The van der Waals surface area contributed by atoms with Crippen molar-refractivity contribution in [2.24, 2.45) is 17.8 Å². The molecule has 2 unspecified atom stereocenters. The number of hydrogen-bond acceptors (Lipinski definition) is 1. The van der Waals surface area contributed by atoms with Crippen LogP contribution in [0.1, 0.15) is 45.4 Å². The third kappa shape index (κ3) is 2.93. The van der Waals surface area contributed by atoms with Crippen molar-refractivity contribution < 1.29 is 13.5 Å². The van der Waals surface area contributed by atoms with E-state index in [2.05, 4.69) is 6.92 Å². The molecule has 2 aliphatic rings. The Bertz CT molecular complexity index is 204. The van der Waals surface area contributed by atoms with Crippen molar-refractivity contribution in [2.75, 3.05) is 6.61 Å². The Morgan fingerprint density at radius 3 is 2.19 bits per heavy atom. The summed E-state index contributed by atoms with van der Waals surface area (Å²) in [4.78, 5) is 0. The van der Waals surface area contributed by atoms with Gasteiger partial charge in [0, 0.05) is 12.5 Å². The van der Waals surface area contributed by atoms with Gasteiger partial charge in [-0.25, -0.2) is 8.78 Å². The summed E-state index contributed by atoms with van der Waals surface area (Å²) in [6.45, 7) is 3.07. The Morgan fingerprint density at radius 1 is 1.00 bits per heavy atom.